The van der Waals surface area contributed by atoms with Gasteiger partial charge in [-0.2, -0.15) is 0 Å². The highest BCUT2D eigenvalue weighted by Gasteiger charge is 2.32. The van der Waals surface area contributed by atoms with Crippen LogP contribution in [0.15, 0.2) is 18.3 Å². The molecule has 4 nitrogen and oxygen atoms in total. The average molecular weight is 282 g/mol. The predicted octanol–water partition coefficient (Wildman–Crippen LogP) is 1.99. The van der Waals surface area contributed by atoms with E-state index >= 15 is 0 Å². The summed E-state index contributed by atoms with van der Waals surface area (Å²) in [5.74, 6) is 0.246. The van der Waals surface area contributed by atoms with Crippen molar-refractivity contribution in [3.8, 4) is 0 Å². The van der Waals surface area contributed by atoms with Crippen molar-refractivity contribution in [2.75, 3.05) is 6.26 Å². The number of hydrogen-bond acceptors (Lipinski definition) is 4. The van der Waals surface area contributed by atoms with E-state index in [1.54, 1.807) is 6.20 Å². The second-order valence-electron chi connectivity index (χ2n) is 5.63. The van der Waals surface area contributed by atoms with Crippen LogP contribution < -0.4 is 5.73 Å². The van der Waals surface area contributed by atoms with Gasteiger partial charge in [0.15, 0.2) is 0 Å². The summed E-state index contributed by atoms with van der Waals surface area (Å²) < 4.78 is 23.4. The van der Waals surface area contributed by atoms with Gasteiger partial charge in [0.05, 0.1) is 5.25 Å². The molecule has 0 aliphatic heterocycles. The summed E-state index contributed by atoms with van der Waals surface area (Å²) in [6.45, 7) is 1.94. The van der Waals surface area contributed by atoms with Crippen LogP contribution >= 0.6 is 0 Å². The van der Waals surface area contributed by atoms with E-state index in [0.29, 0.717) is 6.42 Å². The molecule has 19 heavy (non-hydrogen) atoms. The second-order valence-corrected chi connectivity index (χ2v) is 7.96. The maximum absolute atomic E-state index is 11.7. The van der Waals surface area contributed by atoms with Gasteiger partial charge in [0.1, 0.15) is 9.84 Å². The maximum atomic E-state index is 11.7. The number of nitrogens with two attached hydrogens (primary N) is 1. The first-order chi connectivity index (χ1) is 8.88. The van der Waals surface area contributed by atoms with Gasteiger partial charge in [-0.15, -0.1) is 0 Å². The van der Waals surface area contributed by atoms with Gasteiger partial charge in [-0.1, -0.05) is 6.42 Å². The number of rotatable bonds is 3. The Morgan fingerprint density at radius 2 is 2.16 bits per heavy atom. The van der Waals surface area contributed by atoms with Crippen molar-refractivity contribution in [1.82, 2.24) is 4.98 Å². The molecule has 2 N–H and O–H groups in total. The van der Waals surface area contributed by atoms with Gasteiger partial charge in [0.2, 0.25) is 0 Å². The molecule has 0 amide bonds. The van der Waals surface area contributed by atoms with E-state index in [0.717, 1.165) is 30.5 Å². The first kappa shape index (κ1) is 14.5. The summed E-state index contributed by atoms with van der Waals surface area (Å²) in [7, 11) is -2.95. The molecule has 1 saturated carbocycles. The van der Waals surface area contributed by atoms with Gasteiger partial charge in [-0.25, -0.2) is 8.42 Å². The van der Waals surface area contributed by atoms with Crippen molar-refractivity contribution in [2.24, 2.45) is 11.7 Å². The average Bonchev–Trinajstić information content (AvgIpc) is 2.37. The number of aryl methyl sites for hydroxylation is 1. The van der Waals surface area contributed by atoms with Gasteiger partial charge in [0, 0.05) is 24.2 Å². The fourth-order valence-electron chi connectivity index (χ4n) is 2.94. The number of sulfone groups is 1. The molecule has 3 atom stereocenters. The monoisotopic (exact) mass is 282 g/mol. The molecule has 0 radical (unpaired) electrons. The smallest absolute Gasteiger partial charge is 0.150 e. The van der Waals surface area contributed by atoms with Crippen LogP contribution in [-0.4, -0.2) is 24.9 Å². The first-order valence-corrected chi connectivity index (χ1v) is 8.70. The molecule has 1 aromatic heterocycles. The third-order valence-corrected chi connectivity index (χ3v) is 5.72. The molecule has 1 heterocycles. The number of hydrogen-bond donors (Lipinski definition) is 1. The molecule has 1 fully saturated rings. The minimum absolute atomic E-state index is 0.0914. The van der Waals surface area contributed by atoms with Gasteiger partial charge in [0.25, 0.3) is 0 Å². The Morgan fingerprint density at radius 3 is 2.79 bits per heavy atom. The molecule has 0 aromatic carbocycles. The van der Waals surface area contributed by atoms with Crippen molar-refractivity contribution < 1.29 is 8.42 Å². The molecule has 106 valence electrons. The van der Waals surface area contributed by atoms with Crippen LogP contribution in [0.5, 0.6) is 0 Å². The van der Waals surface area contributed by atoms with Gasteiger partial charge >= 0.3 is 0 Å². The van der Waals surface area contributed by atoms with Crippen LogP contribution in [0.2, 0.25) is 0 Å². The third-order valence-electron chi connectivity index (χ3n) is 4.09. The Bertz CT molecular complexity index is 542. The molecule has 5 heteroatoms. The summed E-state index contributed by atoms with van der Waals surface area (Å²) in [6, 6.07) is 3.84. The molecule has 0 spiro atoms. The maximum Gasteiger partial charge on any atom is 0.150 e. The summed E-state index contributed by atoms with van der Waals surface area (Å²) in [4.78, 5) is 4.17. The first-order valence-electron chi connectivity index (χ1n) is 6.75. The fourth-order valence-corrected chi connectivity index (χ4v) is 4.13. The van der Waals surface area contributed by atoms with Crippen LogP contribution in [0.4, 0.5) is 0 Å². The molecule has 1 aliphatic carbocycles. The van der Waals surface area contributed by atoms with E-state index < -0.39 is 9.84 Å². The molecule has 0 bridgehead atoms. The van der Waals surface area contributed by atoms with E-state index in [1.165, 1.54) is 6.26 Å². The topological polar surface area (TPSA) is 73.1 Å². The van der Waals surface area contributed by atoms with Crippen molar-refractivity contribution in [3.05, 3.63) is 29.6 Å². The van der Waals surface area contributed by atoms with Crippen molar-refractivity contribution in [3.63, 3.8) is 0 Å². The Hall–Kier alpha value is -0.940. The van der Waals surface area contributed by atoms with Crippen molar-refractivity contribution >= 4 is 9.84 Å². The third kappa shape index (κ3) is 3.54. The molecular formula is C14H22N2O2S. The van der Waals surface area contributed by atoms with Gasteiger partial charge in [-0.05, 0) is 49.8 Å². The molecule has 2 rings (SSSR count). The lowest BCUT2D eigenvalue weighted by molar-refractivity contribution is 0.308. The summed E-state index contributed by atoms with van der Waals surface area (Å²) >= 11 is 0. The van der Waals surface area contributed by atoms with E-state index in [1.807, 2.05) is 19.1 Å². The van der Waals surface area contributed by atoms with Crippen LogP contribution in [0.3, 0.4) is 0 Å². The summed E-state index contributed by atoms with van der Waals surface area (Å²) in [5.41, 5.74) is 8.33. The van der Waals surface area contributed by atoms with Gasteiger partial charge < -0.3 is 5.73 Å². The van der Waals surface area contributed by atoms with Crippen LogP contribution in [-0.2, 0) is 9.84 Å². The van der Waals surface area contributed by atoms with E-state index in [2.05, 4.69) is 4.98 Å². The van der Waals surface area contributed by atoms with E-state index in [9.17, 15) is 8.42 Å². The lowest BCUT2D eigenvalue weighted by Crippen LogP contribution is -2.33. The number of aromatic nitrogens is 1. The lowest BCUT2D eigenvalue weighted by Gasteiger charge is -2.32. The Morgan fingerprint density at radius 1 is 1.42 bits per heavy atom. The van der Waals surface area contributed by atoms with Crippen molar-refractivity contribution in [1.29, 1.82) is 0 Å². The fraction of sp³-hybridized carbons (Fsp3) is 0.643. The minimum Gasteiger partial charge on any atom is -0.324 e. The number of nitrogens with zero attached hydrogens (tertiary/aromatic N) is 1. The number of pyridine rings is 1. The van der Waals surface area contributed by atoms with Crippen LogP contribution in [0, 0.1) is 12.8 Å². The minimum atomic E-state index is -2.95. The van der Waals surface area contributed by atoms with E-state index in [4.69, 9.17) is 5.73 Å². The Labute approximate surface area is 115 Å². The zero-order chi connectivity index (χ0) is 14.0. The molecular weight excluding hydrogens is 260 g/mol. The molecule has 0 saturated heterocycles. The normalized spacial score (nSPS) is 26.1. The lowest BCUT2D eigenvalue weighted by atomic mass is 9.81. The molecule has 3 unspecified atom stereocenters. The highest BCUT2D eigenvalue weighted by Crippen LogP contribution is 2.35. The standard InChI is InChI=1S/C14H22N2O2S/c1-10-8-12(6-7-16-10)14(15)11-4-3-5-13(9-11)19(2,17)18/h6-8,11,13-14H,3-5,9,15H2,1-2H3. The largest absolute Gasteiger partial charge is 0.324 e. The quantitative estimate of drug-likeness (QED) is 0.920. The molecule has 1 aromatic rings. The SMILES string of the molecule is Cc1cc(C(N)C2CCCC(S(C)(=O)=O)C2)ccn1. The van der Waals surface area contributed by atoms with Crippen LogP contribution in [0.1, 0.15) is 43.0 Å². The summed E-state index contributed by atoms with van der Waals surface area (Å²) in [5, 5.41) is -0.222. The van der Waals surface area contributed by atoms with E-state index in [-0.39, 0.29) is 17.2 Å². The second kappa shape index (κ2) is 5.59. The Kier molecular flexibility index (Phi) is 4.26. The van der Waals surface area contributed by atoms with Crippen LogP contribution in [0.25, 0.3) is 0 Å². The van der Waals surface area contributed by atoms with Crippen molar-refractivity contribution in [2.45, 2.75) is 43.9 Å². The highest BCUT2D eigenvalue weighted by atomic mass is 32.2. The zero-order valence-corrected chi connectivity index (χ0v) is 12.4. The predicted molar refractivity (Wildman–Crippen MR) is 76.5 cm³/mol. The Balaban J connectivity index is 2.13. The highest BCUT2D eigenvalue weighted by molar-refractivity contribution is 7.91. The molecule has 1 aliphatic rings. The summed E-state index contributed by atoms with van der Waals surface area (Å²) in [6.07, 6.45) is 6.51. The zero-order valence-electron chi connectivity index (χ0n) is 11.5. The van der Waals surface area contributed by atoms with Gasteiger partial charge in [-0.3, -0.25) is 4.98 Å².